The van der Waals surface area contributed by atoms with E-state index in [1.54, 1.807) is 31.2 Å². The second kappa shape index (κ2) is 11.5. The minimum Gasteiger partial charge on any atom is -0.480 e. The molecule has 2 aromatic carbocycles. The van der Waals surface area contributed by atoms with Gasteiger partial charge in [-0.1, -0.05) is 60.1 Å². The van der Waals surface area contributed by atoms with Crippen molar-refractivity contribution in [1.29, 1.82) is 0 Å². The minimum absolute atomic E-state index is 0.0442. The third-order valence-electron chi connectivity index (χ3n) is 4.79. The fourth-order valence-corrected chi connectivity index (χ4v) is 3.77. The van der Waals surface area contributed by atoms with Crippen molar-refractivity contribution in [2.45, 2.75) is 19.4 Å². The van der Waals surface area contributed by atoms with E-state index in [1.807, 2.05) is 42.5 Å². The molecule has 0 aliphatic rings. The lowest BCUT2D eigenvalue weighted by molar-refractivity contribution is -0.141. The Morgan fingerprint density at radius 2 is 1.88 bits per heavy atom. The molecule has 8 heteroatoms. The molecule has 1 amide bonds. The number of carbonyl (C=O) groups is 2. The highest BCUT2D eigenvalue weighted by molar-refractivity contribution is 6.40. The van der Waals surface area contributed by atoms with Crippen LogP contribution in [0.2, 0.25) is 0 Å². The van der Waals surface area contributed by atoms with Crippen LogP contribution in [0, 0.1) is 0 Å². The van der Waals surface area contributed by atoms with Crippen molar-refractivity contribution in [3.8, 4) is 11.6 Å². The second-order valence-electron chi connectivity index (χ2n) is 7.29. The van der Waals surface area contributed by atoms with Crippen molar-refractivity contribution in [2.75, 3.05) is 0 Å². The molecule has 6 nitrogen and oxygen atoms in total. The molecule has 1 unspecified atom stereocenters. The summed E-state index contributed by atoms with van der Waals surface area (Å²) < 4.78 is 5.76. The van der Waals surface area contributed by atoms with Crippen LogP contribution < -0.4 is 10.1 Å². The Hall–Kier alpha value is -3.61. The summed E-state index contributed by atoms with van der Waals surface area (Å²) in [5.74, 6) is -0.796. The molecule has 0 saturated heterocycles. The molecule has 34 heavy (non-hydrogen) atoms. The highest BCUT2D eigenvalue weighted by atomic mass is 35.5. The van der Waals surface area contributed by atoms with Gasteiger partial charge in [0.15, 0.2) is 0 Å². The van der Waals surface area contributed by atoms with Crippen molar-refractivity contribution >= 4 is 46.0 Å². The number of aromatic nitrogens is 1. The molecule has 0 aliphatic carbocycles. The lowest BCUT2D eigenvalue weighted by Crippen LogP contribution is -2.43. The lowest BCUT2D eigenvalue weighted by Gasteiger charge is -2.16. The van der Waals surface area contributed by atoms with E-state index < -0.39 is 17.9 Å². The molecular weight excluding hydrogens is 475 g/mol. The zero-order valence-electron chi connectivity index (χ0n) is 18.3. The molecule has 1 atom stereocenters. The maximum absolute atomic E-state index is 12.7. The molecule has 2 N–H and O–H groups in total. The number of benzene rings is 2. The van der Waals surface area contributed by atoms with Gasteiger partial charge in [0.2, 0.25) is 5.88 Å². The van der Waals surface area contributed by atoms with Crippen LogP contribution in [0.1, 0.15) is 12.5 Å². The number of hydrogen-bond acceptors (Lipinski definition) is 4. The van der Waals surface area contributed by atoms with Gasteiger partial charge in [0.05, 0.1) is 16.1 Å². The number of amides is 1. The third-order valence-corrected chi connectivity index (χ3v) is 5.29. The molecular formula is C26H22Cl2N2O4. The van der Waals surface area contributed by atoms with Gasteiger partial charge in [-0.3, -0.25) is 4.79 Å². The Morgan fingerprint density at radius 1 is 1.15 bits per heavy atom. The maximum Gasteiger partial charge on any atom is 0.326 e. The average Bonchev–Trinajstić information content (AvgIpc) is 2.79. The van der Waals surface area contributed by atoms with Crippen LogP contribution in [0.5, 0.6) is 11.6 Å². The number of halogens is 2. The number of carbonyl (C=O) groups excluding carboxylic acids is 1. The van der Waals surface area contributed by atoms with Gasteiger partial charge in [0.1, 0.15) is 11.8 Å². The summed E-state index contributed by atoms with van der Waals surface area (Å²) >= 11 is 12.0. The number of allylic oxidation sites excluding steroid dienone is 3. The van der Waals surface area contributed by atoms with Crippen LogP contribution in [0.4, 0.5) is 0 Å². The summed E-state index contributed by atoms with van der Waals surface area (Å²) in [6.45, 7) is 5.27. The van der Waals surface area contributed by atoms with Crippen molar-refractivity contribution in [2.24, 2.45) is 0 Å². The largest absolute Gasteiger partial charge is 0.480 e. The number of ether oxygens (including phenoxy) is 1. The van der Waals surface area contributed by atoms with Crippen molar-refractivity contribution in [3.05, 3.63) is 101 Å². The first-order chi connectivity index (χ1) is 16.3. The molecule has 3 rings (SSSR count). The minimum atomic E-state index is -1.21. The van der Waals surface area contributed by atoms with E-state index in [0.29, 0.717) is 22.7 Å². The number of rotatable bonds is 9. The van der Waals surface area contributed by atoms with Gasteiger partial charge in [-0.15, -0.1) is 0 Å². The van der Waals surface area contributed by atoms with Gasteiger partial charge in [-0.2, -0.15) is 0 Å². The summed E-state index contributed by atoms with van der Waals surface area (Å²) in [5, 5.41) is 12.9. The number of nitrogens with one attached hydrogen (secondary N) is 1. The maximum atomic E-state index is 12.7. The first-order valence-corrected chi connectivity index (χ1v) is 11.1. The van der Waals surface area contributed by atoms with E-state index in [9.17, 15) is 14.7 Å². The molecule has 1 aromatic heterocycles. The quantitative estimate of drug-likeness (QED) is 0.281. The average molecular weight is 497 g/mol. The predicted octanol–water partition coefficient (Wildman–Crippen LogP) is 5.96. The number of para-hydroxylation sites is 1. The molecule has 1 heterocycles. The molecule has 0 radical (unpaired) electrons. The SMILES string of the molecule is C=C(Cl)/C(C(=O)NC(Cc1ccc2nc(Oc3ccccc3)ccc2c1)C(=O)O)=C(Cl)\C=C/C. The predicted molar refractivity (Wildman–Crippen MR) is 134 cm³/mol. The van der Waals surface area contributed by atoms with Gasteiger partial charge >= 0.3 is 5.97 Å². The normalized spacial score (nSPS) is 12.8. The number of aliphatic carboxylic acids is 1. The van der Waals surface area contributed by atoms with Crippen LogP contribution in [-0.2, 0) is 16.0 Å². The van der Waals surface area contributed by atoms with E-state index in [0.717, 1.165) is 5.39 Å². The number of carboxylic acids is 1. The fourth-order valence-electron chi connectivity index (χ4n) is 3.21. The first kappa shape index (κ1) is 25.0. The second-order valence-corrected chi connectivity index (χ2v) is 8.15. The van der Waals surface area contributed by atoms with Crippen LogP contribution in [-0.4, -0.2) is 28.0 Å². The molecule has 3 aromatic rings. The van der Waals surface area contributed by atoms with Crippen molar-refractivity contribution in [3.63, 3.8) is 0 Å². The molecule has 174 valence electrons. The Kier molecular flexibility index (Phi) is 8.46. The topological polar surface area (TPSA) is 88.5 Å². The summed E-state index contributed by atoms with van der Waals surface area (Å²) in [6, 6.07) is 17.0. The number of fused-ring (bicyclic) bond motifs is 1. The Balaban J connectivity index is 1.79. The summed E-state index contributed by atoms with van der Waals surface area (Å²) in [5.41, 5.74) is 1.31. The smallest absolute Gasteiger partial charge is 0.326 e. The zero-order chi connectivity index (χ0) is 24.7. The molecule has 0 saturated carbocycles. The molecule has 0 fully saturated rings. The standard InChI is InChI=1S/C26H22Cl2N2O4/c1-3-7-20(28)24(16(2)27)25(31)30-22(26(32)33)15-17-10-12-21-18(14-17)11-13-23(29-21)34-19-8-5-4-6-9-19/h3-14,22H,2,15H2,1H3,(H,30,31)(H,32,33)/b7-3-,24-20-. The van der Waals surface area contributed by atoms with E-state index in [2.05, 4.69) is 16.9 Å². The van der Waals surface area contributed by atoms with E-state index in [1.165, 1.54) is 6.08 Å². The van der Waals surface area contributed by atoms with Gasteiger partial charge in [0.25, 0.3) is 5.91 Å². The van der Waals surface area contributed by atoms with Crippen LogP contribution in [0.25, 0.3) is 10.9 Å². The van der Waals surface area contributed by atoms with Crippen LogP contribution >= 0.6 is 23.2 Å². The Morgan fingerprint density at radius 3 is 2.53 bits per heavy atom. The highest BCUT2D eigenvalue weighted by Crippen LogP contribution is 2.24. The number of pyridine rings is 1. The van der Waals surface area contributed by atoms with Crippen LogP contribution in [0.3, 0.4) is 0 Å². The number of carboxylic acid groups (broad SMARTS) is 1. The first-order valence-electron chi connectivity index (χ1n) is 10.3. The van der Waals surface area contributed by atoms with Crippen LogP contribution in [0.15, 0.2) is 95.0 Å². The lowest BCUT2D eigenvalue weighted by atomic mass is 10.0. The Bertz CT molecular complexity index is 1290. The van der Waals surface area contributed by atoms with E-state index in [4.69, 9.17) is 27.9 Å². The zero-order valence-corrected chi connectivity index (χ0v) is 19.8. The molecule has 0 bridgehead atoms. The highest BCUT2D eigenvalue weighted by Gasteiger charge is 2.24. The van der Waals surface area contributed by atoms with Crippen molar-refractivity contribution < 1.29 is 19.4 Å². The third kappa shape index (κ3) is 6.47. The fraction of sp³-hybridized carbons (Fsp3) is 0.115. The summed E-state index contributed by atoms with van der Waals surface area (Å²) in [6.07, 6.45) is 3.15. The van der Waals surface area contributed by atoms with Gasteiger partial charge < -0.3 is 15.2 Å². The summed E-state index contributed by atoms with van der Waals surface area (Å²) in [4.78, 5) is 29.0. The van der Waals surface area contributed by atoms with Gasteiger partial charge in [-0.05, 0) is 48.9 Å². The van der Waals surface area contributed by atoms with Gasteiger partial charge in [0, 0.05) is 22.9 Å². The molecule has 0 spiro atoms. The van der Waals surface area contributed by atoms with E-state index >= 15 is 0 Å². The van der Waals surface area contributed by atoms with Gasteiger partial charge in [-0.25, -0.2) is 9.78 Å². The Labute approximate surface area is 207 Å². The number of hydrogen-bond donors (Lipinski definition) is 2. The summed E-state index contributed by atoms with van der Waals surface area (Å²) in [7, 11) is 0. The monoisotopic (exact) mass is 496 g/mol. The molecule has 0 aliphatic heterocycles. The van der Waals surface area contributed by atoms with E-state index in [-0.39, 0.29) is 22.1 Å². The number of nitrogens with zero attached hydrogens (tertiary/aromatic N) is 1. The van der Waals surface area contributed by atoms with Crippen molar-refractivity contribution in [1.82, 2.24) is 10.3 Å².